The minimum absolute atomic E-state index is 0.112. The molecule has 6 heteroatoms. The Hall–Kier alpha value is -3.54. The first-order valence-electron chi connectivity index (χ1n) is 9.11. The Balaban J connectivity index is 1.45. The topological polar surface area (TPSA) is 71.9 Å². The van der Waals surface area contributed by atoms with Gasteiger partial charge in [-0.1, -0.05) is 0 Å². The molecule has 2 aromatic carbocycles. The van der Waals surface area contributed by atoms with Gasteiger partial charge in [-0.2, -0.15) is 5.10 Å². The zero-order valence-electron chi connectivity index (χ0n) is 16.1. The van der Waals surface area contributed by atoms with Crippen molar-refractivity contribution in [1.82, 2.24) is 20.1 Å². The molecule has 0 aliphatic heterocycles. The van der Waals surface area contributed by atoms with Gasteiger partial charge >= 0.3 is 0 Å². The normalized spacial score (nSPS) is 11.0. The SMILES string of the molecule is COc1ccc(-n2ccc(CNC(=O)c3ccc4[nH]c(C)c(C)c4c3)n2)cc1. The maximum absolute atomic E-state index is 12.6. The summed E-state index contributed by atoms with van der Waals surface area (Å²) in [5.41, 5.74) is 5.70. The van der Waals surface area contributed by atoms with E-state index in [0.29, 0.717) is 12.1 Å². The second-order valence-electron chi connectivity index (χ2n) is 6.77. The summed E-state index contributed by atoms with van der Waals surface area (Å²) < 4.78 is 6.95. The number of aromatic amines is 1. The predicted molar refractivity (Wildman–Crippen MR) is 109 cm³/mol. The number of hydrogen-bond donors (Lipinski definition) is 2. The molecule has 6 nitrogen and oxygen atoms in total. The number of rotatable bonds is 5. The van der Waals surface area contributed by atoms with Gasteiger partial charge in [0.15, 0.2) is 0 Å². The quantitative estimate of drug-likeness (QED) is 0.556. The third-order valence-electron chi connectivity index (χ3n) is 4.98. The number of H-pyrrole nitrogens is 1. The zero-order chi connectivity index (χ0) is 19.7. The van der Waals surface area contributed by atoms with Crippen molar-refractivity contribution in [2.24, 2.45) is 0 Å². The summed E-state index contributed by atoms with van der Waals surface area (Å²) in [6, 6.07) is 15.3. The summed E-state index contributed by atoms with van der Waals surface area (Å²) in [5.74, 6) is 0.687. The number of nitrogens with zero attached hydrogens (tertiary/aromatic N) is 2. The highest BCUT2D eigenvalue weighted by atomic mass is 16.5. The molecule has 0 bridgehead atoms. The molecule has 0 saturated heterocycles. The number of hydrogen-bond acceptors (Lipinski definition) is 3. The molecule has 0 fully saturated rings. The van der Waals surface area contributed by atoms with E-state index in [1.165, 1.54) is 5.56 Å². The molecule has 0 spiro atoms. The third kappa shape index (κ3) is 3.36. The van der Waals surface area contributed by atoms with Crippen molar-refractivity contribution < 1.29 is 9.53 Å². The highest BCUT2D eigenvalue weighted by Gasteiger charge is 2.11. The molecular formula is C22H22N4O2. The fourth-order valence-corrected chi connectivity index (χ4v) is 3.21. The van der Waals surface area contributed by atoms with Crippen LogP contribution in [0.5, 0.6) is 5.75 Å². The van der Waals surface area contributed by atoms with Crippen molar-refractivity contribution in [3.05, 3.63) is 77.2 Å². The van der Waals surface area contributed by atoms with E-state index >= 15 is 0 Å². The van der Waals surface area contributed by atoms with Crippen molar-refractivity contribution in [2.45, 2.75) is 20.4 Å². The summed E-state index contributed by atoms with van der Waals surface area (Å²) in [6.07, 6.45) is 1.88. The fourth-order valence-electron chi connectivity index (χ4n) is 3.21. The van der Waals surface area contributed by atoms with Crippen LogP contribution in [0.3, 0.4) is 0 Å². The van der Waals surface area contributed by atoms with Gasteiger partial charge in [-0.3, -0.25) is 4.79 Å². The molecule has 4 rings (SSSR count). The Morgan fingerprint density at radius 2 is 1.93 bits per heavy atom. The molecule has 142 valence electrons. The van der Waals surface area contributed by atoms with E-state index in [1.54, 1.807) is 11.8 Å². The summed E-state index contributed by atoms with van der Waals surface area (Å²) in [5, 5.41) is 8.55. The van der Waals surface area contributed by atoms with Crippen LogP contribution in [0.4, 0.5) is 0 Å². The van der Waals surface area contributed by atoms with Gasteiger partial charge < -0.3 is 15.0 Å². The van der Waals surface area contributed by atoms with Gasteiger partial charge in [0.2, 0.25) is 0 Å². The van der Waals surface area contributed by atoms with Crippen molar-refractivity contribution in [3.8, 4) is 11.4 Å². The van der Waals surface area contributed by atoms with Gasteiger partial charge in [0.25, 0.3) is 5.91 Å². The van der Waals surface area contributed by atoms with Crippen LogP contribution >= 0.6 is 0 Å². The summed E-state index contributed by atoms with van der Waals surface area (Å²) >= 11 is 0. The number of carbonyl (C=O) groups is 1. The molecule has 2 heterocycles. The first-order chi connectivity index (χ1) is 13.5. The van der Waals surface area contributed by atoms with Gasteiger partial charge in [0, 0.05) is 28.4 Å². The van der Waals surface area contributed by atoms with Crippen molar-refractivity contribution in [1.29, 1.82) is 0 Å². The molecule has 2 N–H and O–H groups in total. The molecule has 4 aromatic rings. The average molecular weight is 374 g/mol. The maximum atomic E-state index is 12.6. The number of amides is 1. The minimum atomic E-state index is -0.112. The average Bonchev–Trinajstić information content (AvgIpc) is 3.31. The minimum Gasteiger partial charge on any atom is -0.497 e. The lowest BCUT2D eigenvalue weighted by atomic mass is 10.1. The summed E-state index contributed by atoms with van der Waals surface area (Å²) in [7, 11) is 1.64. The van der Waals surface area contributed by atoms with E-state index in [0.717, 1.165) is 33.7 Å². The molecule has 0 aliphatic carbocycles. The largest absolute Gasteiger partial charge is 0.497 e. The van der Waals surface area contributed by atoms with E-state index in [4.69, 9.17) is 4.74 Å². The van der Waals surface area contributed by atoms with Crippen molar-refractivity contribution >= 4 is 16.8 Å². The van der Waals surface area contributed by atoms with Crippen LogP contribution < -0.4 is 10.1 Å². The number of ether oxygens (including phenoxy) is 1. The summed E-state index contributed by atoms with van der Waals surface area (Å²) in [6.45, 7) is 4.46. The number of nitrogens with one attached hydrogen (secondary N) is 2. The van der Waals surface area contributed by atoms with Crippen molar-refractivity contribution in [2.75, 3.05) is 7.11 Å². The lowest BCUT2D eigenvalue weighted by molar-refractivity contribution is 0.0950. The Morgan fingerprint density at radius 1 is 1.14 bits per heavy atom. The number of methoxy groups -OCH3 is 1. The highest BCUT2D eigenvalue weighted by Crippen LogP contribution is 2.22. The molecule has 1 amide bonds. The predicted octanol–water partition coefficient (Wildman–Crippen LogP) is 3.91. The molecular weight excluding hydrogens is 352 g/mol. The van der Waals surface area contributed by atoms with Gasteiger partial charge in [-0.15, -0.1) is 0 Å². The fraction of sp³-hybridized carbons (Fsp3) is 0.182. The van der Waals surface area contributed by atoms with Crippen LogP contribution in [0.15, 0.2) is 54.7 Å². The van der Waals surface area contributed by atoms with Crippen LogP contribution in [-0.4, -0.2) is 27.8 Å². The van der Waals surface area contributed by atoms with Crippen LogP contribution in [0.1, 0.15) is 27.3 Å². The molecule has 28 heavy (non-hydrogen) atoms. The van der Waals surface area contributed by atoms with E-state index < -0.39 is 0 Å². The molecule has 0 saturated carbocycles. The number of benzene rings is 2. The van der Waals surface area contributed by atoms with Crippen LogP contribution in [0.25, 0.3) is 16.6 Å². The number of carbonyl (C=O) groups excluding carboxylic acids is 1. The number of fused-ring (bicyclic) bond motifs is 1. The standard InChI is InChI=1S/C22H22N4O2/c1-14-15(2)24-21-9-4-16(12-20(14)21)22(27)23-13-17-10-11-26(25-17)18-5-7-19(28-3)8-6-18/h4-12,24H,13H2,1-3H3,(H,23,27). The molecule has 0 aliphatic rings. The molecule has 0 unspecified atom stereocenters. The van der Waals surface area contributed by atoms with Crippen molar-refractivity contribution in [3.63, 3.8) is 0 Å². The Labute approximate surface area is 163 Å². The first-order valence-corrected chi connectivity index (χ1v) is 9.11. The van der Waals surface area contributed by atoms with E-state index in [2.05, 4.69) is 22.3 Å². The monoisotopic (exact) mass is 374 g/mol. The zero-order valence-corrected chi connectivity index (χ0v) is 16.1. The van der Waals surface area contributed by atoms with Crippen LogP contribution in [0, 0.1) is 13.8 Å². The maximum Gasteiger partial charge on any atom is 0.251 e. The third-order valence-corrected chi connectivity index (χ3v) is 4.98. The second kappa shape index (κ2) is 7.23. The summed E-state index contributed by atoms with van der Waals surface area (Å²) in [4.78, 5) is 15.9. The van der Waals surface area contributed by atoms with Crippen LogP contribution in [-0.2, 0) is 6.54 Å². The number of aryl methyl sites for hydroxylation is 2. The van der Waals surface area contributed by atoms with Crippen LogP contribution in [0.2, 0.25) is 0 Å². The first kappa shape index (κ1) is 17.9. The lowest BCUT2D eigenvalue weighted by Gasteiger charge is -2.05. The van der Waals surface area contributed by atoms with E-state index in [1.807, 2.05) is 61.7 Å². The Morgan fingerprint density at radius 3 is 2.68 bits per heavy atom. The van der Waals surface area contributed by atoms with E-state index in [-0.39, 0.29) is 5.91 Å². The molecule has 0 radical (unpaired) electrons. The molecule has 0 atom stereocenters. The van der Waals surface area contributed by atoms with Gasteiger partial charge in [0.1, 0.15) is 5.75 Å². The second-order valence-corrected chi connectivity index (χ2v) is 6.77. The Bertz CT molecular complexity index is 1140. The molecule has 2 aromatic heterocycles. The lowest BCUT2D eigenvalue weighted by Crippen LogP contribution is -2.23. The van der Waals surface area contributed by atoms with Gasteiger partial charge in [-0.25, -0.2) is 4.68 Å². The smallest absolute Gasteiger partial charge is 0.251 e. The van der Waals surface area contributed by atoms with Gasteiger partial charge in [0.05, 0.1) is 25.0 Å². The highest BCUT2D eigenvalue weighted by molar-refractivity contribution is 5.99. The van der Waals surface area contributed by atoms with Gasteiger partial charge in [-0.05, 0) is 67.9 Å². The number of aromatic nitrogens is 3. The Kier molecular flexibility index (Phi) is 4.61. The van der Waals surface area contributed by atoms with E-state index in [9.17, 15) is 4.79 Å².